The highest BCUT2D eigenvalue weighted by Crippen LogP contribution is 2.19. The second-order valence-electron chi connectivity index (χ2n) is 9.39. The number of nitrogens with zero attached hydrogens (tertiary/aromatic N) is 6. The number of benzene rings is 1. The molecule has 0 fully saturated rings. The van der Waals surface area contributed by atoms with Gasteiger partial charge in [0.1, 0.15) is 11.5 Å². The number of guanidine groups is 2. The minimum absolute atomic E-state index is 0.0936. The first-order valence-electron chi connectivity index (χ1n) is 13.9. The van der Waals surface area contributed by atoms with Crippen LogP contribution in [-0.4, -0.2) is 87.2 Å². The number of carboxylic acid groups (broad SMARTS) is 1. The van der Waals surface area contributed by atoms with Gasteiger partial charge in [-0.05, 0) is 24.3 Å². The van der Waals surface area contributed by atoms with Gasteiger partial charge in [0.15, 0.2) is 56.9 Å². The van der Waals surface area contributed by atoms with Crippen molar-refractivity contribution in [3.05, 3.63) is 46.0 Å². The lowest BCUT2D eigenvalue weighted by molar-refractivity contribution is -0.192. The number of carbonyl (C=O) groups is 3. The fraction of sp³-hybridized carbons (Fsp3) is 0.269. The number of halogens is 5. The van der Waals surface area contributed by atoms with Crippen molar-refractivity contribution in [1.82, 2.24) is 30.6 Å². The van der Waals surface area contributed by atoms with Crippen LogP contribution in [0.3, 0.4) is 0 Å². The van der Waals surface area contributed by atoms with Crippen molar-refractivity contribution in [3.8, 4) is 11.5 Å². The van der Waals surface area contributed by atoms with Gasteiger partial charge in [-0.3, -0.25) is 30.2 Å². The second kappa shape index (κ2) is 19.2. The Labute approximate surface area is 295 Å². The van der Waals surface area contributed by atoms with Crippen molar-refractivity contribution in [3.63, 3.8) is 0 Å². The van der Waals surface area contributed by atoms with Crippen molar-refractivity contribution in [2.24, 2.45) is 21.5 Å². The molecule has 20 nitrogen and oxygen atoms in total. The Morgan fingerprint density at radius 2 is 1.04 bits per heavy atom. The number of nitrogen functional groups attached to an aromatic ring is 4. The predicted octanol–water partition coefficient (Wildman–Crippen LogP) is 0.563. The van der Waals surface area contributed by atoms with E-state index in [1.165, 1.54) is 0 Å². The molecule has 1 aromatic carbocycles. The van der Waals surface area contributed by atoms with Crippen LogP contribution in [0.1, 0.15) is 33.8 Å². The average Bonchev–Trinajstić information content (AvgIpc) is 3.04. The maximum Gasteiger partial charge on any atom is 0.490 e. The third kappa shape index (κ3) is 14.1. The van der Waals surface area contributed by atoms with Crippen LogP contribution in [-0.2, 0) is 4.79 Å². The monoisotopic (exact) mass is 762 g/mol. The molecule has 0 spiro atoms. The van der Waals surface area contributed by atoms with Crippen molar-refractivity contribution < 1.29 is 42.1 Å². The Bertz CT molecular complexity index is 1650. The van der Waals surface area contributed by atoms with Gasteiger partial charge in [0.25, 0.3) is 11.8 Å². The van der Waals surface area contributed by atoms with Gasteiger partial charge in [0.2, 0.25) is 0 Å². The normalized spacial score (nSPS) is 11.5. The molecule has 0 unspecified atom stereocenters. The fourth-order valence-electron chi connectivity index (χ4n) is 3.19. The van der Waals surface area contributed by atoms with Crippen LogP contribution in [0.15, 0.2) is 34.3 Å². The molecule has 51 heavy (non-hydrogen) atoms. The Morgan fingerprint density at radius 1 is 0.706 bits per heavy atom. The number of nitrogens with one attached hydrogen (secondary N) is 2. The lowest BCUT2D eigenvalue weighted by Crippen LogP contribution is -2.38. The minimum Gasteiger partial charge on any atom is -0.494 e. The number of anilines is 4. The summed E-state index contributed by atoms with van der Waals surface area (Å²) in [6.45, 7) is 1.26. The van der Waals surface area contributed by atoms with Gasteiger partial charge in [0.05, 0.1) is 13.2 Å². The SMILES string of the molecule is NC(=NCCCOc1ccc(OCCCN=C(N)NC(=O)c2nc(Cl)c(N)nc2N)cc1)NC(=O)c1nc(Cl)c(N)nc1N.O=C(O)C(F)(F)F. The Hall–Kier alpha value is -6.10. The molecule has 0 bridgehead atoms. The van der Waals surface area contributed by atoms with Crippen molar-refractivity contribution in [1.29, 1.82) is 0 Å². The van der Waals surface area contributed by atoms with Crippen molar-refractivity contribution in [2.75, 3.05) is 49.2 Å². The van der Waals surface area contributed by atoms with Gasteiger partial charge >= 0.3 is 12.1 Å². The van der Waals surface area contributed by atoms with E-state index in [4.69, 9.17) is 77.0 Å². The summed E-state index contributed by atoms with van der Waals surface area (Å²) < 4.78 is 43.1. The lowest BCUT2D eigenvalue weighted by atomic mass is 10.3. The molecule has 0 saturated carbocycles. The van der Waals surface area contributed by atoms with E-state index in [9.17, 15) is 22.8 Å². The van der Waals surface area contributed by atoms with Crippen LogP contribution in [0.5, 0.6) is 11.5 Å². The highest BCUT2D eigenvalue weighted by Gasteiger charge is 2.38. The maximum absolute atomic E-state index is 12.2. The fourth-order valence-corrected chi connectivity index (χ4v) is 3.44. The Morgan fingerprint density at radius 3 is 1.35 bits per heavy atom. The molecule has 0 aliphatic rings. The van der Waals surface area contributed by atoms with E-state index in [1.54, 1.807) is 24.3 Å². The molecule has 0 aliphatic carbocycles. The van der Waals surface area contributed by atoms with Crippen LogP contribution in [0, 0.1) is 0 Å². The number of carbonyl (C=O) groups excluding carboxylic acids is 2. The molecule has 3 aromatic rings. The van der Waals surface area contributed by atoms with E-state index in [0.29, 0.717) is 37.6 Å². The zero-order chi connectivity index (χ0) is 38.3. The Balaban J connectivity index is 0.00000116. The van der Waals surface area contributed by atoms with Gasteiger partial charge < -0.3 is 49.0 Å². The van der Waals surface area contributed by atoms with Gasteiger partial charge in [-0.2, -0.15) is 13.2 Å². The number of aliphatic carboxylic acids is 1. The zero-order valence-electron chi connectivity index (χ0n) is 26.1. The van der Waals surface area contributed by atoms with E-state index in [2.05, 4.69) is 40.6 Å². The van der Waals surface area contributed by atoms with Gasteiger partial charge in [-0.25, -0.2) is 24.7 Å². The number of nitrogens with two attached hydrogens (primary N) is 6. The summed E-state index contributed by atoms with van der Waals surface area (Å²) in [6, 6.07) is 7.00. The van der Waals surface area contributed by atoms with Crippen molar-refractivity contribution >= 4 is 76.2 Å². The maximum atomic E-state index is 12.2. The minimum atomic E-state index is -5.08. The summed E-state index contributed by atoms with van der Waals surface area (Å²) >= 11 is 11.6. The quantitative estimate of drug-likeness (QED) is 0.0691. The number of amides is 2. The molecular weight excluding hydrogens is 732 g/mol. The van der Waals surface area contributed by atoms with Crippen molar-refractivity contribution in [2.45, 2.75) is 19.0 Å². The molecule has 2 aromatic heterocycles. The molecule has 0 radical (unpaired) electrons. The number of aliphatic imine (C=N–C) groups is 2. The van der Waals surface area contributed by atoms with E-state index in [-0.39, 0.29) is 70.0 Å². The average molecular weight is 764 g/mol. The molecular formula is C26H31Cl2F3N14O6. The molecule has 2 amide bonds. The van der Waals surface area contributed by atoms with Crippen LogP contribution >= 0.6 is 23.2 Å². The summed E-state index contributed by atoms with van der Waals surface area (Å²) in [6.07, 6.45) is -4.05. The zero-order valence-corrected chi connectivity index (χ0v) is 27.6. The van der Waals surface area contributed by atoms with Crippen LogP contribution in [0.25, 0.3) is 0 Å². The number of alkyl halides is 3. The molecule has 0 aliphatic heterocycles. The van der Waals surface area contributed by atoms with Gasteiger partial charge in [0, 0.05) is 25.9 Å². The third-order valence-corrected chi connectivity index (χ3v) is 6.05. The number of rotatable bonds is 12. The van der Waals surface area contributed by atoms with Gasteiger partial charge in [-0.15, -0.1) is 0 Å². The van der Waals surface area contributed by atoms with Crippen LogP contribution < -0.4 is 54.5 Å². The largest absolute Gasteiger partial charge is 0.494 e. The molecule has 276 valence electrons. The molecule has 15 N–H and O–H groups in total. The number of carboxylic acids is 1. The van der Waals surface area contributed by atoms with E-state index in [1.807, 2.05) is 0 Å². The van der Waals surface area contributed by atoms with Crippen LogP contribution in [0.4, 0.5) is 36.4 Å². The Kier molecular flexibility index (Phi) is 15.4. The molecule has 0 saturated heterocycles. The predicted molar refractivity (Wildman–Crippen MR) is 180 cm³/mol. The second-order valence-corrected chi connectivity index (χ2v) is 10.1. The number of ether oxygens (including phenoxy) is 2. The molecule has 3 rings (SSSR count). The van der Waals surface area contributed by atoms with E-state index < -0.39 is 24.0 Å². The first-order chi connectivity index (χ1) is 23.9. The topological polar surface area (TPSA) is 346 Å². The number of aromatic nitrogens is 4. The molecule has 0 atom stereocenters. The molecule has 2 heterocycles. The van der Waals surface area contributed by atoms with E-state index in [0.717, 1.165) is 0 Å². The summed E-state index contributed by atoms with van der Waals surface area (Å²) in [5, 5.41) is 11.5. The number of hydrogen-bond acceptors (Lipinski definition) is 15. The first kappa shape index (κ1) is 41.1. The number of hydrogen-bond donors (Lipinski definition) is 9. The first-order valence-corrected chi connectivity index (χ1v) is 14.7. The smallest absolute Gasteiger partial charge is 0.490 e. The summed E-state index contributed by atoms with van der Waals surface area (Å²) in [5.74, 6) is -3.79. The highest BCUT2D eigenvalue weighted by atomic mass is 35.5. The van der Waals surface area contributed by atoms with E-state index >= 15 is 0 Å². The molecule has 25 heteroatoms. The summed E-state index contributed by atoms with van der Waals surface area (Å²) in [4.78, 5) is 56.6. The third-order valence-electron chi connectivity index (χ3n) is 5.50. The van der Waals surface area contributed by atoms with Crippen LogP contribution in [0.2, 0.25) is 10.3 Å². The highest BCUT2D eigenvalue weighted by molar-refractivity contribution is 6.32. The summed E-state index contributed by atoms with van der Waals surface area (Å²) in [5.41, 5.74) is 33.3. The summed E-state index contributed by atoms with van der Waals surface area (Å²) in [7, 11) is 0. The standard InChI is InChI=1S/C24H30Cl2N14O4.C2HF3O2/c25-15-19(29)37-17(27)13(35-15)21(41)39-23(31)33-7-1-9-43-11-3-5-12(6-4-11)44-10-2-8-34-24(32)40-22(42)14-18(28)38-20(30)16(26)36-14;3-2(4,5)1(6)7/h3-6H,1-2,7-10H2,(H4,27,29,37)(H4,28,30,38)(H3,31,33,39,41)(H3,32,34,40,42);(H,6,7). The van der Waals surface area contributed by atoms with Gasteiger partial charge in [-0.1, -0.05) is 23.2 Å². The lowest BCUT2D eigenvalue weighted by Gasteiger charge is -2.09.